The van der Waals surface area contributed by atoms with Gasteiger partial charge < -0.3 is 15.7 Å². The van der Waals surface area contributed by atoms with E-state index in [1.54, 1.807) is 24.3 Å². The molecule has 2 amide bonds. The molecule has 0 fully saturated rings. The molecule has 17 heavy (non-hydrogen) atoms. The number of aliphatic hydroxyl groups is 1. The summed E-state index contributed by atoms with van der Waals surface area (Å²) in [6.45, 7) is 0.933. The molecule has 0 atom stereocenters. The van der Waals surface area contributed by atoms with Crippen molar-refractivity contribution in [1.29, 1.82) is 5.26 Å². The molecule has 0 saturated heterocycles. The predicted molar refractivity (Wildman–Crippen MR) is 63.1 cm³/mol. The van der Waals surface area contributed by atoms with E-state index in [2.05, 4.69) is 10.6 Å². The van der Waals surface area contributed by atoms with Gasteiger partial charge in [0.25, 0.3) is 0 Å². The second kappa shape index (κ2) is 7.25. The number of rotatable bonds is 5. The van der Waals surface area contributed by atoms with Gasteiger partial charge in [0.05, 0.1) is 11.6 Å². The summed E-state index contributed by atoms with van der Waals surface area (Å²) in [6.07, 6.45) is 0.546. The average molecular weight is 233 g/mol. The molecule has 0 aliphatic heterocycles. The molecule has 0 radical (unpaired) electrons. The molecule has 1 aromatic rings. The Morgan fingerprint density at radius 2 is 2.00 bits per heavy atom. The lowest BCUT2D eigenvalue weighted by Gasteiger charge is -2.06. The van der Waals surface area contributed by atoms with E-state index in [1.807, 2.05) is 6.07 Å². The summed E-state index contributed by atoms with van der Waals surface area (Å²) in [6, 6.07) is 8.78. The minimum Gasteiger partial charge on any atom is -0.396 e. The molecule has 5 nitrogen and oxygen atoms in total. The fourth-order valence-electron chi connectivity index (χ4n) is 1.22. The van der Waals surface area contributed by atoms with Crippen LogP contribution < -0.4 is 10.6 Å². The van der Waals surface area contributed by atoms with Gasteiger partial charge in [0, 0.05) is 19.7 Å². The van der Waals surface area contributed by atoms with Crippen LogP contribution in [0.4, 0.5) is 4.79 Å². The van der Waals surface area contributed by atoms with Gasteiger partial charge in [0.15, 0.2) is 0 Å². The molecule has 0 aliphatic carbocycles. The van der Waals surface area contributed by atoms with Crippen molar-refractivity contribution >= 4 is 6.03 Å². The number of carbonyl (C=O) groups is 1. The highest BCUT2D eigenvalue weighted by Gasteiger charge is 1.99. The molecule has 0 aromatic heterocycles. The summed E-state index contributed by atoms with van der Waals surface area (Å²) in [5, 5.41) is 22.5. The number of urea groups is 1. The highest BCUT2D eigenvalue weighted by molar-refractivity contribution is 5.73. The van der Waals surface area contributed by atoms with Crippen molar-refractivity contribution < 1.29 is 9.90 Å². The molecule has 0 unspecified atom stereocenters. The Kier molecular flexibility index (Phi) is 5.55. The van der Waals surface area contributed by atoms with Crippen LogP contribution in [0.25, 0.3) is 0 Å². The first-order valence-electron chi connectivity index (χ1n) is 5.38. The zero-order chi connectivity index (χ0) is 12.5. The lowest BCUT2D eigenvalue weighted by atomic mass is 10.1. The molecular formula is C12H15N3O2. The smallest absolute Gasteiger partial charge is 0.315 e. The van der Waals surface area contributed by atoms with Crippen molar-refractivity contribution in [2.24, 2.45) is 0 Å². The number of carbonyl (C=O) groups excluding carboxylic acids is 1. The van der Waals surface area contributed by atoms with Gasteiger partial charge in [0.1, 0.15) is 0 Å². The Bertz CT molecular complexity index is 395. The van der Waals surface area contributed by atoms with Crippen LogP contribution in [0.1, 0.15) is 17.5 Å². The van der Waals surface area contributed by atoms with Crippen molar-refractivity contribution in [3.63, 3.8) is 0 Å². The number of nitrogens with one attached hydrogen (secondary N) is 2. The van der Waals surface area contributed by atoms with E-state index in [0.717, 1.165) is 5.56 Å². The summed E-state index contributed by atoms with van der Waals surface area (Å²) < 4.78 is 0. The molecule has 0 spiro atoms. The maximum Gasteiger partial charge on any atom is 0.315 e. The first-order chi connectivity index (χ1) is 8.26. The molecule has 1 rings (SSSR count). The third-order valence-electron chi connectivity index (χ3n) is 2.16. The van der Waals surface area contributed by atoms with E-state index >= 15 is 0 Å². The Morgan fingerprint density at radius 1 is 1.29 bits per heavy atom. The van der Waals surface area contributed by atoms with Gasteiger partial charge in [-0.2, -0.15) is 5.26 Å². The lowest BCUT2D eigenvalue weighted by molar-refractivity contribution is 0.238. The van der Waals surface area contributed by atoms with E-state index in [9.17, 15) is 4.79 Å². The Morgan fingerprint density at radius 3 is 2.59 bits per heavy atom. The quantitative estimate of drug-likeness (QED) is 0.656. The van der Waals surface area contributed by atoms with Crippen LogP contribution in [-0.4, -0.2) is 24.3 Å². The van der Waals surface area contributed by atoms with Crippen molar-refractivity contribution in [3.05, 3.63) is 35.4 Å². The van der Waals surface area contributed by atoms with E-state index < -0.39 is 0 Å². The fraction of sp³-hybridized carbons (Fsp3) is 0.333. The van der Waals surface area contributed by atoms with Crippen LogP contribution >= 0.6 is 0 Å². The third-order valence-corrected chi connectivity index (χ3v) is 2.16. The minimum absolute atomic E-state index is 0.0654. The summed E-state index contributed by atoms with van der Waals surface area (Å²) in [7, 11) is 0. The van der Waals surface area contributed by atoms with Gasteiger partial charge in [-0.15, -0.1) is 0 Å². The number of benzene rings is 1. The van der Waals surface area contributed by atoms with Crippen LogP contribution in [0, 0.1) is 11.3 Å². The minimum atomic E-state index is -0.261. The van der Waals surface area contributed by atoms with Crippen LogP contribution in [-0.2, 0) is 6.54 Å². The van der Waals surface area contributed by atoms with Gasteiger partial charge >= 0.3 is 6.03 Å². The number of aliphatic hydroxyl groups excluding tert-OH is 1. The van der Waals surface area contributed by atoms with E-state index in [4.69, 9.17) is 10.4 Å². The van der Waals surface area contributed by atoms with Gasteiger partial charge in [-0.3, -0.25) is 0 Å². The van der Waals surface area contributed by atoms with Crippen molar-refractivity contribution in [2.45, 2.75) is 13.0 Å². The molecule has 0 bridgehead atoms. The summed E-state index contributed by atoms with van der Waals surface area (Å²) in [4.78, 5) is 11.3. The maximum absolute atomic E-state index is 11.3. The second-order valence-electron chi connectivity index (χ2n) is 3.50. The van der Waals surface area contributed by atoms with Crippen LogP contribution in [0.15, 0.2) is 24.3 Å². The monoisotopic (exact) mass is 233 g/mol. The number of hydrogen-bond acceptors (Lipinski definition) is 3. The maximum atomic E-state index is 11.3. The predicted octanol–water partition coefficient (Wildman–Crippen LogP) is 0.740. The summed E-state index contributed by atoms with van der Waals surface area (Å²) in [5.41, 5.74) is 1.53. The normalized spacial score (nSPS) is 9.41. The number of nitrogens with zero attached hydrogens (tertiary/aromatic N) is 1. The first kappa shape index (κ1) is 13.0. The van der Waals surface area contributed by atoms with Crippen LogP contribution in [0.2, 0.25) is 0 Å². The molecule has 5 heteroatoms. The number of nitriles is 1. The standard InChI is InChI=1S/C12H15N3O2/c13-8-10-2-4-11(5-3-10)9-15-12(17)14-6-1-7-16/h2-5,16H,1,6-7,9H2,(H2,14,15,17). The van der Waals surface area contributed by atoms with Crippen LogP contribution in [0.3, 0.4) is 0 Å². The topological polar surface area (TPSA) is 85.2 Å². The van der Waals surface area contributed by atoms with Gasteiger partial charge in [-0.1, -0.05) is 12.1 Å². The summed E-state index contributed by atoms with van der Waals surface area (Å²) >= 11 is 0. The molecule has 0 heterocycles. The van der Waals surface area contributed by atoms with Gasteiger partial charge in [-0.05, 0) is 24.1 Å². The van der Waals surface area contributed by atoms with E-state index in [0.29, 0.717) is 25.1 Å². The zero-order valence-electron chi connectivity index (χ0n) is 9.44. The highest BCUT2D eigenvalue weighted by Crippen LogP contribution is 2.02. The number of hydrogen-bond donors (Lipinski definition) is 3. The largest absolute Gasteiger partial charge is 0.396 e. The SMILES string of the molecule is N#Cc1ccc(CNC(=O)NCCCO)cc1. The van der Waals surface area contributed by atoms with E-state index in [1.165, 1.54) is 0 Å². The second-order valence-corrected chi connectivity index (χ2v) is 3.50. The van der Waals surface area contributed by atoms with E-state index in [-0.39, 0.29) is 12.6 Å². The summed E-state index contributed by atoms with van der Waals surface area (Å²) in [5.74, 6) is 0. The van der Waals surface area contributed by atoms with Gasteiger partial charge in [0.2, 0.25) is 0 Å². The Labute approximate surface area is 100 Å². The van der Waals surface area contributed by atoms with Crippen molar-refractivity contribution in [2.75, 3.05) is 13.2 Å². The first-order valence-corrected chi connectivity index (χ1v) is 5.38. The lowest BCUT2D eigenvalue weighted by Crippen LogP contribution is -2.35. The zero-order valence-corrected chi connectivity index (χ0v) is 9.44. The van der Waals surface area contributed by atoms with Crippen molar-refractivity contribution in [1.82, 2.24) is 10.6 Å². The third kappa shape index (κ3) is 5.00. The Hall–Kier alpha value is -2.06. The molecule has 90 valence electrons. The molecule has 3 N–H and O–H groups in total. The molecular weight excluding hydrogens is 218 g/mol. The molecule has 0 aliphatic rings. The van der Waals surface area contributed by atoms with Crippen LogP contribution in [0.5, 0.6) is 0 Å². The number of amides is 2. The van der Waals surface area contributed by atoms with Crippen molar-refractivity contribution in [3.8, 4) is 6.07 Å². The average Bonchev–Trinajstić information content (AvgIpc) is 2.37. The van der Waals surface area contributed by atoms with Gasteiger partial charge in [-0.25, -0.2) is 4.79 Å². The molecule has 1 aromatic carbocycles. The fourth-order valence-corrected chi connectivity index (χ4v) is 1.22. The highest BCUT2D eigenvalue weighted by atomic mass is 16.3. The Balaban J connectivity index is 2.30. The molecule has 0 saturated carbocycles.